The highest BCUT2D eigenvalue weighted by Crippen LogP contribution is 2.38. The van der Waals surface area contributed by atoms with E-state index in [1.807, 2.05) is 39.8 Å². The molecule has 170 valence electrons. The molecule has 0 bridgehead atoms. The number of anilines is 1. The molecule has 1 N–H and O–H groups in total. The van der Waals surface area contributed by atoms with E-state index in [9.17, 15) is 9.59 Å². The molecule has 0 aromatic heterocycles. The van der Waals surface area contributed by atoms with Gasteiger partial charge in [-0.2, -0.15) is 0 Å². The molecule has 3 fully saturated rings. The number of amides is 3. The minimum atomic E-state index is -0.0323. The highest BCUT2D eigenvalue weighted by molar-refractivity contribution is 8.00. The lowest BCUT2D eigenvalue weighted by molar-refractivity contribution is -0.136. The molecule has 1 unspecified atom stereocenters. The molecule has 0 radical (unpaired) electrons. The van der Waals surface area contributed by atoms with Crippen LogP contribution in [-0.2, 0) is 4.79 Å². The first-order valence-electron chi connectivity index (χ1n) is 11.9. The van der Waals surface area contributed by atoms with Crippen LogP contribution in [0.25, 0.3) is 0 Å². The Morgan fingerprint density at radius 2 is 1.68 bits per heavy atom. The quantitative estimate of drug-likeness (QED) is 0.737. The number of thioether (sulfide) groups is 1. The van der Waals surface area contributed by atoms with Crippen molar-refractivity contribution in [2.45, 2.75) is 68.1 Å². The molecule has 2 heterocycles. The first-order chi connectivity index (χ1) is 15.1. The van der Waals surface area contributed by atoms with Gasteiger partial charge in [0.15, 0.2) is 0 Å². The lowest BCUT2D eigenvalue weighted by Gasteiger charge is -2.38. The maximum Gasteiger partial charge on any atom is 0.321 e. The van der Waals surface area contributed by atoms with Gasteiger partial charge in [-0.15, -0.1) is 11.8 Å². The maximum absolute atomic E-state index is 12.9. The Labute approximate surface area is 190 Å². The van der Waals surface area contributed by atoms with Crippen molar-refractivity contribution in [1.82, 2.24) is 14.7 Å². The summed E-state index contributed by atoms with van der Waals surface area (Å²) in [6, 6.07) is 8.48. The summed E-state index contributed by atoms with van der Waals surface area (Å²) in [6.45, 7) is 6.34. The molecule has 1 aromatic carbocycles. The number of carbonyl (C=O) groups is 2. The molecule has 1 aliphatic carbocycles. The molecule has 1 atom stereocenters. The van der Waals surface area contributed by atoms with Gasteiger partial charge in [-0.25, -0.2) is 4.79 Å². The van der Waals surface area contributed by atoms with E-state index in [1.165, 1.54) is 37.0 Å². The average Bonchev–Trinajstić information content (AvgIpc) is 3.29. The first kappa shape index (κ1) is 22.5. The number of hydrogen-bond donors (Lipinski definition) is 1. The topological polar surface area (TPSA) is 55.9 Å². The summed E-state index contributed by atoms with van der Waals surface area (Å²) < 4.78 is 0. The summed E-state index contributed by atoms with van der Waals surface area (Å²) in [5.74, 6) is 0.239. The van der Waals surface area contributed by atoms with E-state index in [0.29, 0.717) is 30.9 Å². The number of carbonyl (C=O) groups excluding carboxylic acids is 2. The van der Waals surface area contributed by atoms with Gasteiger partial charge in [0.1, 0.15) is 0 Å². The van der Waals surface area contributed by atoms with Crippen LogP contribution in [0.15, 0.2) is 29.2 Å². The molecule has 6 nitrogen and oxygen atoms in total. The van der Waals surface area contributed by atoms with Crippen LogP contribution in [0.3, 0.4) is 0 Å². The minimum Gasteiger partial charge on any atom is -0.339 e. The van der Waals surface area contributed by atoms with Crippen LogP contribution >= 0.6 is 11.8 Å². The standard InChI is InChI=1S/C24H36N4O2S/c1-19-8-6-7-13-28(19)23(29)18-26-14-16-27(17-15-26)24(30)25-21-11-4-5-12-22(21)31-20-9-2-3-10-20/h4-5,11-12,19-20H,2-3,6-10,13-18H2,1H3,(H,25,30). The fourth-order valence-corrected chi connectivity index (χ4v) is 6.24. The van der Waals surface area contributed by atoms with Crippen molar-refractivity contribution in [3.63, 3.8) is 0 Å². The van der Waals surface area contributed by atoms with E-state index < -0.39 is 0 Å². The number of likely N-dealkylation sites (tertiary alicyclic amines) is 1. The Morgan fingerprint density at radius 3 is 2.42 bits per heavy atom. The second-order valence-electron chi connectivity index (χ2n) is 9.15. The maximum atomic E-state index is 12.9. The average molecular weight is 445 g/mol. The zero-order valence-electron chi connectivity index (χ0n) is 18.7. The summed E-state index contributed by atoms with van der Waals surface area (Å²) in [4.78, 5) is 32.9. The molecule has 3 aliphatic rings. The molecule has 1 saturated carbocycles. The number of urea groups is 1. The Morgan fingerprint density at radius 1 is 0.968 bits per heavy atom. The van der Waals surface area contributed by atoms with Gasteiger partial charge in [-0.1, -0.05) is 25.0 Å². The number of hydrogen-bond acceptors (Lipinski definition) is 4. The van der Waals surface area contributed by atoms with Crippen molar-refractivity contribution in [3.05, 3.63) is 24.3 Å². The molecule has 2 aliphatic heterocycles. The molecular formula is C24H36N4O2S. The van der Waals surface area contributed by atoms with Crippen LogP contribution in [0.5, 0.6) is 0 Å². The summed E-state index contributed by atoms with van der Waals surface area (Å²) in [5.41, 5.74) is 0.918. The predicted molar refractivity (Wildman–Crippen MR) is 127 cm³/mol. The fraction of sp³-hybridized carbons (Fsp3) is 0.667. The molecule has 4 rings (SSSR count). The predicted octanol–water partition coefficient (Wildman–Crippen LogP) is 4.27. The number of piperazine rings is 1. The third-order valence-corrected chi connectivity index (χ3v) is 8.28. The highest BCUT2D eigenvalue weighted by Gasteiger charge is 2.27. The van der Waals surface area contributed by atoms with E-state index in [1.54, 1.807) is 0 Å². The van der Waals surface area contributed by atoms with Crippen LogP contribution in [0.2, 0.25) is 0 Å². The monoisotopic (exact) mass is 444 g/mol. The van der Waals surface area contributed by atoms with Gasteiger partial charge in [-0.3, -0.25) is 9.69 Å². The summed E-state index contributed by atoms with van der Waals surface area (Å²) in [7, 11) is 0. The summed E-state index contributed by atoms with van der Waals surface area (Å²) in [5, 5.41) is 3.81. The van der Waals surface area contributed by atoms with E-state index in [2.05, 4.69) is 23.2 Å². The van der Waals surface area contributed by atoms with Crippen molar-refractivity contribution < 1.29 is 9.59 Å². The summed E-state index contributed by atoms with van der Waals surface area (Å²) in [6.07, 6.45) is 8.62. The van der Waals surface area contributed by atoms with Gasteiger partial charge in [0.2, 0.25) is 5.91 Å². The van der Waals surface area contributed by atoms with Crippen molar-refractivity contribution in [1.29, 1.82) is 0 Å². The van der Waals surface area contributed by atoms with E-state index in [4.69, 9.17) is 0 Å². The first-order valence-corrected chi connectivity index (χ1v) is 12.8. The van der Waals surface area contributed by atoms with Gasteiger partial charge < -0.3 is 15.1 Å². The van der Waals surface area contributed by atoms with Crippen molar-refractivity contribution in [2.24, 2.45) is 0 Å². The molecule has 0 spiro atoms. The third-order valence-electron chi connectivity index (χ3n) is 6.87. The zero-order valence-corrected chi connectivity index (χ0v) is 19.5. The number of benzene rings is 1. The van der Waals surface area contributed by atoms with E-state index in [-0.39, 0.29) is 11.9 Å². The van der Waals surface area contributed by atoms with Gasteiger partial charge in [0, 0.05) is 48.9 Å². The Kier molecular flexibility index (Phi) is 7.77. The van der Waals surface area contributed by atoms with E-state index >= 15 is 0 Å². The van der Waals surface area contributed by atoms with Crippen LogP contribution in [0, 0.1) is 0 Å². The number of rotatable bonds is 5. The lowest BCUT2D eigenvalue weighted by atomic mass is 10.0. The largest absolute Gasteiger partial charge is 0.339 e. The Balaban J connectivity index is 1.25. The van der Waals surface area contributed by atoms with Gasteiger partial charge in [0.25, 0.3) is 0 Å². The molecule has 2 saturated heterocycles. The molecular weight excluding hydrogens is 408 g/mol. The number of nitrogens with one attached hydrogen (secondary N) is 1. The smallest absolute Gasteiger partial charge is 0.321 e. The van der Waals surface area contributed by atoms with Crippen LogP contribution in [0.4, 0.5) is 10.5 Å². The van der Waals surface area contributed by atoms with Gasteiger partial charge >= 0.3 is 6.03 Å². The van der Waals surface area contributed by atoms with Crippen LogP contribution in [0.1, 0.15) is 51.9 Å². The molecule has 7 heteroatoms. The highest BCUT2D eigenvalue weighted by atomic mass is 32.2. The second-order valence-corrected chi connectivity index (χ2v) is 10.5. The van der Waals surface area contributed by atoms with Crippen LogP contribution in [-0.4, -0.2) is 77.2 Å². The minimum absolute atomic E-state index is 0.0323. The number of piperidine rings is 1. The molecule has 31 heavy (non-hydrogen) atoms. The SMILES string of the molecule is CC1CCCCN1C(=O)CN1CCN(C(=O)Nc2ccccc2SC2CCCC2)CC1. The van der Waals surface area contributed by atoms with Crippen molar-refractivity contribution in [3.8, 4) is 0 Å². The van der Waals surface area contributed by atoms with Crippen molar-refractivity contribution in [2.75, 3.05) is 44.6 Å². The van der Waals surface area contributed by atoms with Crippen LogP contribution < -0.4 is 5.32 Å². The van der Waals surface area contributed by atoms with Gasteiger partial charge in [-0.05, 0) is 51.2 Å². The third kappa shape index (κ3) is 5.95. The molecule has 3 amide bonds. The summed E-state index contributed by atoms with van der Waals surface area (Å²) >= 11 is 1.90. The van der Waals surface area contributed by atoms with E-state index in [0.717, 1.165) is 38.2 Å². The fourth-order valence-electron chi connectivity index (χ4n) is 4.91. The number of nitrogens with zero attached hydrogens (tertiary/aromatic N) is 3. The lowest BCUT2D eigenvalue weighted by Crippen LogP contribution is -2.53. The normalized spacial score (nSPS) is 23.2. The second kappa shape index (κ2) is 10.7. The van der Waals surface area contributed by atoms with Gasteiger partial charge in [0.05, 0.1) is 12.2 Å². The van der Waals surface area contributed by atoms with Crippen molar-refractivity contribution >= 4 is 29.4 Å². The number of para-hydroxylation sites is 1. The zero-order chi connectivity index (χ0) is 21.6. The Hall–Kier alpha value is -1.73. The Bertz CT molecular complexity index is 760. The molecule has 1 aromatic rings.